The number of aromatic nitrogens is 1. The Morgan fingerprint density at radius 3 is 2.72 bits per heavy atom. The van der Waals surface area contributed by atoms with Gasteiger partial charge in [0, 0.05) is 25.2 Å². The summed E-state index contributed by atoms with van der Waals surface area (Å²) in [7, 11) is 0. The third-order valence-corrected chi connectivity index (χ3v) is 3.20. The van der Waals surface area contributed by atoms with E-state index >= 15 is 0 Å². The van der Waals surface area contributed by atoms with E-state index in [1.807, 2.05) is 0 Å². The van der Waals surface area contributed by atoms with Crippen molar-refractivity contribution in [3.8, 4) is 0 Å². The molecule has 1 aromatic heterocycles. The number of hydrogen-bond acceptors (Lipinski definition) is 4. The maximum Gasteiger partial charge on any atom is 0.272 e. The van der Waals surface area contributed by atoms with Crippen molar-refractivity contribution < 1.29 is 10.0 Å². The van der Waals surface area contributed by atoms with Crippen LogP contribution in [0.2, 0.25) is 0 Å². The quantitative estimate of drug-likeness (QED) is 0.348. The number of rotatable bonds is 2. The highest BCUT2D eigenvalue weighted by Gasteiger charge is 2.26. The molecule has 6 heteroatoms. The summed E-state index contributed by atoms with van der Waals surface area (Å²) in [5.74, 6) is 0.247. The number of hydrogen-bond donors (Lipinski definition) is 2. The van der Waals surface area contributed by atoms with Crippen LogP contribution in [0.25, 0.3) is 0 Å². The van der Waals surface area contributed by atoms with E-state index in [2.05, 4.69) is 10.1 Å². The van der Waals surface area contributed by atoms with Gasteiger partial charge in [-0.25, -0.2) is 0 Å². The number of likely N-dealkylation sites (tertiary alicyclic amines) is 1. The average molecular weight is 248 g/mol. The molecule has 1 saturated heterocycles. The van der Waals surface area contributed by atoms with Crippen LogP contribution in [0, 0.1) is 5.92 Å². The summed E-state index contributed by atoms with van der Waals surface area (Å²) in [5, 5.41) is 11.6. The number of amides is 1. The van der Waals surface area contributed by atoms with Crippen LogP contribution in [0.5, 0.6) is 0 Å². The molecule has 6 nitrogen and oxygen atoms in total. The van der Waals surface area contributed by atoms with E-state index in [1.54, 1.807) is 29.3 Å². The molecule has 0 unspecified atom stereocenters. The summed E-state index contributed by atoms with van der Waals surface area (Å²) in [6.07, 6.45) is 3.04. The zero-order valence-corrected chi connectivity index (χ0v) is 9.99. The molecule has 18 heavy (non-hydrogen) atoms. The summed E-state index contributed by atoms with van der Waals surface area (Å²) in [6, 6.07) is 5.28. The van der Waals surface area contributed by atoms with Crippen LogP contribution in [0.4, 0.5) is 0 Å². The zero-order valence-electron chi connectivity index (χ0n) is 9.99. The van der Waals surface area contributed by atoms with Gasteiger partial charge in [-0.1, -0.05) is 11.2 Å². The van der Waals surface area contributed by atoms with Crippen molar-refractivity contribution in [1.82, 2.24) is 9.88 Å². The lowest BCUT2D eigenvalue weighted by Gasteiger charge is -2.31. The molecule has 0 saturated carbocycles. The van der Waals surface area contributed by atoms with Gasteiger partial charge in [0.05, 0.1) is 0 Å². The number of nitrogens with two attached hydrogens (primary N) is 1. The summed E-state index contributed by atoms with van der Waals surface area (Å²) < 4.78 is 0. The first-order chi connectivity index (χ1) is 8.72. The number of pyridine rings is 1. The number of amidine groups is 1. The second-order valence-electron chi connectivity index (χ2n) is 4.31. The van der Waals surface area contributed by atoms with Gasteiger partial charge >= 0.3 is 0 Å². The van der Waals surface area contributed by atoms with Crippen LogP contribution in [-0.2, 0) is 0 Å². The first kappa shape index (κ1) is 12.3. The molecule has 0 radical (unpaired) electrons. The molecule has 0 bridgehead atoms. The highest BCUT2D eigenvalue weighted by atomic mass is 16.4. The molecule has 1 aromatic rings. The summed E-state index contributed by atoms with van der Waals surface area (Å²) in [5.41, 5.74) is 6.02. The van der Waals surface area contributed by atoms with Gasteiger partial charge in [-0.05, 0) is 25.0 Å². The highest BCUT2D eigenvalue weighted by molar-refractivity contribution is 5.92. The van der Waals surface area contributed by atoms with E-state index in [4.69, 9.17) is 10.9 Å². The second kappa shape index (κ2) is 5.48. The predicted molar refractivity (Wildman–Crippen MR) is 66.3 cm³/mol. The molecular formula is C12H16N4O2. The summed E-state index contributed by atoms with van der Waals surface area (Å²) in [6.45, 7) is 1.21. The fraction of sp³-hybridized carbons (Fsp3) is 0.417. The molecule has 1 aliphatic rings. The Morgan fingerprint density at radius 1 is 1.44 bits per heavy atom. The van der Waals surface area contributed by atoms with E-state index in [0.717, 1.165) is 0 Å². The van der Waals surface area contributed by atoms with Crippen LogP contribution in [0.1, 0.15) is 23.3 Å². The van der Waals surface area contributed by atoms with E-state index in [9.17, 15) is 4.79 Å². The molecule has 3 N–H and O–H groups in total. The molecule has 1 aliphatic heterocycles. The van der Waals surface area contributed by atoms with Crippen molar-refractivity contribution in [2.24, 2.45) is 16.8 Å². The van der Waals surface area contributed by atoms with Gasteiger partial charge < -0.3 is 15.8 Å². The van der Waals surface area contributed by atoms with Crippen molar-refractivity contribution in [2.45, 2.75) is 12.8 Å². The summed E-state index contributed by atoms with van der Waals surface area (Å²) >= 11 is 0. The lowest BCUT2D eigenvalue weighted by Crippen LogP contribution is -2.42. The molecule has 1 amide bonds. The largest absolute Gasteiger partial charge is 0.409 e. The monoisotopic (exact) mass is 248 g/mol. The minimum absolute atomic E-state index is 0.0581. The third kappa shape index (κ3) is 2.58. The van der Waals surface area contributed by atoms with Gasteiger partial charge in [0.2, 0.25) is 0 Å². The minimum atomic E-state index is -0.0615. The van der Waals surface area contributed by atoms with E-state index in [-0.39, 0.29) is 17.7 Å². The third-order valence-electron chi connectivity index (χ3n) is 3.20. The van der Waals surface area contributed by atoms with Crippen LogP contribution in [0.15, 0.2) is 29.6 Å². The minimum Gasteiger partial charge on any atom is -0.409 e. The lowest BCUT2D eigenvalue weighted by molar-refractivity contribution is 0.0703. The van der Waals surface area contributed by atoms with Crippen molar-refractivity contribution in [1.29, 1.82) is 0 Å². The summed E-state index contributed by atoms with van der Waals surface area (Å²) in [4.78, 5) is 17.9. The topological polar surface area (TPSA) is 91.8 Å². The van der Waals surface area contributed by atoms with Crippen molar-refractivity contribution >= 4 is 11.7 Å². The fourth-order valence-corrected chi connectivity index (χ4v) is 2.11. The van der Waals surface area contributed by atoms with Crippen LogP contribution >= 0.6 is 0 Å². The fourth-order valence-electron chi connectivity index (χ4n) is 2.11. The zero-order chi connectivity index (χ0) is 13.0. The van der Waals surface area contributed by atoms with E-state index in [1.165, 1.54) is 0 Å². The predicted octanol–water partition coefficient (Wildman–Crippen LogP) is 0.680. The number of oxime groups is 1. The normalized spacial score (nSPS) is 17.8. The average Bonchev–Trinajstić information content (AvgIpc) is 2.47. The van der Waals surface area contributed by atoms with Gasteiger partial charge in [-0.2, -0.15) is 0 Å². The molecule has 0 aliphatic carbocycles. The van der Waals surface area contributed by atoms with Crippen LogP contribution in [0.3, 0.4) is 0 Å². The number of carbonyl (C=O) groups excluding carboxylic acids is 1. The Kier molecular flexibility index (Phi) is 3.76. The molecule has 0 spiro atoms. The standard InChI is InChI=1S/C12H16N4O2/c13-11(15-18)9-4-7-16(8-5-9)12(17)10-3-1-2-6-14-10/h1-3,6,9,18H,4-5,7-8H2,(H2,13,15). The van der Waals surface area contributed by atoms with Crippen molar-refractivity contribution in [3.05, 3.63) is 30.1 Å². The molecule has 0 aromatic carbocycles. The van der Waals surface area contributed by atoms with Crippen molar-refractivity contribution in [3.63, 3.8) is 0 Å². The Bertz CT molecular complexity index is 439. The highest BCUT2D eigenvalue weighted by Crippen LogP contribution is 2.18. The van der Waals surface area contributed by atoms with Gasteiger partial charge in [-0.3, -0.25) is 9.78 Å². The number of nitrogens with zero attached hydrogens (tertiary/aromatic N) is 3. The van der Waals surface area contributed by atoms with Crippen LogP contribution < -0.4 is 5.73 Å². The molecule has 1 fully saturated rings. The first-order valence-electron chi connectivity index (χ1n) is 5.90. The van der Waals surface area contributed by atoms with Gasteiger partial charge in [0.25, 0.3) is 5.91 Å². The maximum atomic E-state index is 12.1. The van der Waals surface area contributed by atoms with E-state index < -0.39 is 0 Å². The number of carbonyl (C=O) groups is 1. The maximum absolute atomic E-state index is 12.1. The SMILES string of the molecule is NC(=NO)C1CCN(C(=O)c2ccccn2)CC1. The molecule has 2 rings (SSSR count). The molecule has 0 atom stereocenters. The Labute approximate surface area is 105 Å². The van der Waals surface area contributed by atoms with Gasteiger partial charge in [0.1, 0.15) is 11.5 Å². The molecular weight excluding hydrogens is 232 g/mol. The Hall–Kier alpha value is -2.11. The lowest BCUT2D eigenvalue weighted by atomic mass is 9.95. The smallest absolute Gasteiger partial charge is 0.272 e. The molecule has 96 valence electrons. The first-order valence-corrected chi connectivity index (χ1v) is 5.90. The van der Waals surface area contributed by atoms with Gasteiger partial charge in [-0.15, -0.1) is 0 Å². The Morgan fingerprint density at radius 2 is 2.17 bits per heavy atom. The van der Waals surface area contributed by atoms with E-state index in [0.29, 0.717) is 31.6 Å². The number of piperidine rings is 1. The van der Waals surface area contributed by atoms with Crippen molar-refractivity contribution in [2.75, 3.05) is 13.1 Å². The molecule has 2 heterocycles. The second-order valence-corrected chi connectivity index (χ2v) is 4.31. The Balaban J connectivity index is 1.96. The van der Waals surface area contributed by atoms with Gasteiger partial charge in [0.15, 0.2) is 0 Å². The van der Waals surface area contributed by atoms with Crippen LogP contribution in [-0.4, -0.2) is 39.9 Å².